The van der Waals surface area contributed by atoms with Gasteiger partial charge in [-0.25, -0.2) is 4.79 Å². The van der Waals surface area contributed by atoms with Gasteiger partial charge in [-0.2, -0.15) is 0 Å². The number of carboxylic acid groups (broad SMARTS) is 1. The summed E-state index contributed by atoms with van der Waals surface area (Å²) in [5.41, 5.74) is 0. The van der Waals surface area contributed by atoms with E-state index in [0.29, 0.717) is 26.1 Å². The van der Waals surface area contributed by atoms with Gasteiger partial charge in [-0.1, -0.05) is 6.08 Å². The first-order chi connectivity index (χ1) is 7.52. The summed E-state index contributed by atoms with van der Waals surface area (Å²) < 4.78 is 0. The average Bonchev–Trinajstić information content (AvgIpc) is 2.24. The molecule has 0 aromatic heterocycles. The van der Waals surface area contributed by atoms with Crippen molar-refractivity contribution in [2.24, 2.45) is 0 Å². The molecular weight excluding hydrogens is 208 g/mol. The summed E-state index contributed by atoms with van der Waals surface area (Å²) in [6.07, 6.45) is 2.24. The molecule has 0 saturated heterocycles. The Labute approximate surface area is 96.3 Å². The van der Waals surface area contributed by atoms with Crippen LogP contribution >= 0.6 is 0 Å². The fraction of sp³-hybridized carbons (Fsp3) is 0.636. The minimum Gasteiger partial charge on any atom is -0.481 e. The lowest BCUT2D eigenvalue weighted by molar-refractivity contribution is -0.137. The molecule has 16 heavy (non-hydrogen) atoms. The third-order valence-electron chi connectivity index (χ3n) is 2.21. The second-order valence-electron chi connectivity index (χ2n) is 3.53. The molecule has 0 spiro atoms. The number of hydrogen-bond donors (Lipinski definition) is 1. The monoisotopic (exact) mass is 228 g/mol. The number of rotatable bonds is 7. The number of nitrogens with zero attached hydrogens (tertiary/aromatic N) is 2. The van der Waals surface area contributed by atoms with Crippen molar-refractivity contribution >= 4 is 12.0 Å². The van der Waals surface area contributed by atoms with Crippen LogP contribution in [0.25, 0.3) is 0 Å². The molecule has 0 rings (SSSR count). The highest BCUT2D eigenvalue weighted by Crippen LogP contribution is 2.00. The van der Waals surface area contributed by atoms with Crippen LogP contribution in [0.2, 0.25) is 0 Å². The number of carboxylic acids is 1. The first-order valence-corrected chi connectivity index (χ1v) is 5.35. The molecule has 2 amide bonds. The predicted octanol–water partition coefficient (Wildman–Crippen LogP) is 1.41. The Balaban J connectivity index is 4.04. The lowest BCUT2D eigenvalue weighted by Gasteiger charge is -2.26. The van der Waals surface area contributed by atoms with Gasteiger partial charge < -0.3 is 14.9 Å². The van der Waals surface area contributed by atoms with E-state index in [1.807, 2.05) is 6.92 Å². The van der Waals surface area contributed by atoms with Crippen LogP contribution in [0.4, 0.5) is 4.79 Å². The Morgan fingerprint density at radius 3 is 2.50 bits per heavy atom. The molecule has 5 nitrogen and oxygen atoms in total. The lowest BCUT2D eigenvalue weighted by atomic mass is 10.3. The van der Waals surface area contributed by atoms with Crippen LogP contribution in [0.1, 0.15) is 19.8 Å². The molecule has 0 aromatic carbocycles. The van der Waals surface area contributed by atoms with Crippen molar-refractivity contribution in [2.75, 3.05) is 26.7 Å². The van der Waals surface area contributed by atoms with E-state index in [4.69, 9.17) is 5.11 Å². The van der Waals surface area contributed by atoms with Crippen LogP contribution in [0, 0.1) is 0 Å². The zero-order valence-corrected chi connectivity index (χ0v) is 9.98. The highest BCUT2D eigenvalue weighted by Gasteiger charge is 2.14. The smallest absolute Gasteiger partial charge is 0.320 e. The Kier molecular flexibility index (Phi) is 7.00. The van der Waals surface area contributed by atoms with Crippen molar-refractivity contribution in [3.63, 3.8) is 0 Å². The van der Waals surface area contributed by atoms with Crippen molar-refractivity contribution in [3.05, 3.63) is 12.7 Å². The largest absolute Gasteiger partial charge is 0.481 e. The van der Waals surface area contributed by atoms with E-state index in [-0.39, 0.29) is 12.5 Å². The fourth-order valence-electron chi connectivity index (χ4n) is 1.30. The molecule has 1 N–H and O–H groups in total. The van der Waals surface area contributed by atoms with Gasteiger partial charge in [0.15, 0.2) is 0 Å². The number of carbonyl (C=O) groups is 2. The van der Waals surface area contributed by atoms with E-state index in [9.17, 15) is 9.59 Å². The summed E-state index contributed by atoms with van der Waals surface area (Å²) in [6, 6.07) is -0.0900. The van der Waals surface area contributed by atoms with E-state index in [2.05, 4.69) is 6.58 Å². The number of amides is 2. The maximum absolute atomic E-state index is 11.8. The number of urea groups is 1. The standard InChI is InChI=1S/C11H20N2O3/c1-4-8-13(5-2)11(16)12(3)9-6-7-10(14)15/h4H,1,5-9H2,2-3H3,(H,14,15). The second kappa shape index (κ2) is 7.73. The van der Waals surface area contributed by atoms with Crippen molar-refractivity contribution in [1.29, 1.82) is 0 Å². The van der Waals surface area contributed by atoms with Gasteiger partial charge in [0, 0.05) is 33.1 Å². The molecule has 0 bridgehead atoms. The van der Waals surface area contributed by atoms with Gasteiger partial charge in [0.2, 0.25) is 0 Å². The van der Waals surface area contributed by atoms with Gasteiger partial charge in [-0.15, -0.1) is 6.58 Å². The molecule has 0 aliphatic carbocycles. The highest BCUT2D eigenvalue weighted by atomic mass is 16.4. The highest BCUT2D eigenvalue weighted by molar-refractivity contribution is 5.74. The molecule has 0 saturated carbocycles. The fourth-order valence-corrected chi connectivity index (χ4v) is 1.30. The summed E-state index contributed by atoms with van der Waals surface area (Å²) in [5.74, 6) is -0.834. The van der Waals surface area contributed by atoms with Crippen LogP contribution in [-0.2, 0) is 4.79 Å². The van der Waals surface area contributed by atoms with E-state index in [0.717, 1.165) is 0 Å². The molecule has 0 aromatic rings. The number of aliphatic carboxylic acids is 1. The first kappa shape index (κ1) is 14.5. The summed E-state index contributed by atoms with van der Waals surface area (Å²) in [4.78, 5) is 25.3. The third kappa shape index (κ3) is 5.38. The molecule has 5 heteroatoms. The summed E-state index contributed by atoms with van der Waals surface area (Å²) in [7, 11) is 1.68. The van der Waals surface area contributed by atoms with Crippen molar-refractivity contribution in [3.8, 4) is 0 Å². The Morgan fingerprint density at radius 2 is 2.06 bits per heavy atom. The summed E-state index contributed by atoms with van der Waals surface area (Å²) in [6.45, 7) is 7.07. The summed E-state index contributed by atoms with van der Waals surface area (Å²) in [5, 5.41) is 8.48. The van der Waals surface area contributed by atoms with Gasteiger partial charge >= 0.3 is 12.0 Å². The second-order valence-corrected chi connectivity index (χ2v) is 3.53. The van der Waals surface area contributed by atoms with Crippen molar-refractivity contribution in [2.45, 2.75) is 19.8 Å². The molecule has 92 valence electrons. The average molecular weight is 228 g/mol. The number of hydrogen-bond acceptors (Lipinski definition) is 2. The minimum atomic E-state index is -0.834. The number of likely N-dealkylation sites (N-methyl/N-ethyl adjacent to an activating group) is 1. The van der Waals surface area contributed by atoms with Crippen LogP contribution in [0.3, 0.4) is 0 Å². The lowest BCUT2D eigenvalue weighted by Crippen LogP contribution is -2.41. The maximum atomic E-state index is 11.8. The molecule has 0 radical (unpaired) electrons. The van der Waals surface area contributed by atoms with Gasteiger partial charge in [0.05, 0.1) is 0 Å². The minimum absolute atomic E-state index is 0.0885. The topological polar surface area (TPSA) is 60.9 Å². The molecule has 0 fully saturated rings. The van der Waals surface area contributed by atoms with Crippen LogP contribution in [0.5, 0.6) is 0 Å². The maximum Gasteiger partial charge on any atom is 0.320 e. The predicted molar refractivity (Wildman–Crippen MR) is 62.3 cm³/mol. The molecule has 0 unspecified atom stereocenters. The SMILES string of the molecule is C=CCN(CC)C(=O)N(C)CCCC(=O)O. The van der Waals surface area contributed by atoms with Gasteiger partial charge in [-0.3, -0.25) is 4.79 Å². The van der Waals surface area contributed by atoms with Crippen molar-refractivity contribution < 1.29 is 14.7 Å². The summed E-state index contributed by atoms with van der Waals surface area (Å²) >= 11 is 0. The molecule has 0 aliphatic rings. The van der Waals surface area contributed by atoms with Gasteiger partial charge in [0.1, 0.15) is 0 Å². The molecule has 0 heterocycles. The van der Waals surface area contributed by atoms with E-state index in [1.54, 1.807) is 18.0 Å². The van der Waals surface area contributed by atoms with Crippen LogP contribution in [-0.4, -0.2) is 53.6 Å². The zero-order chi connectivity index (χ0) is 12.6. The third-order valence-corrected chi connectivity index (χ3v) is 2.21. The molecular formula is C11H20N2O3. The van der Waals surface area contributed by atoms with E-state index < -0.39 is 5.97 Å². The Bertz CT molecular complexity index is 254. The Morgan fingerprint density at radius 1 is 1.44 bits per heavy atom. The quantitative estimate of drug-likeness (QED) is 0.670. The van der Waals surface area contributed by atoms with Crippen molar-refractivity contribution in [1.82, 2.24) is 9.80 Å². The molecule has 0 atom stereocenters. The van der Waals surface area contributed by atoms with E-state index >= 15 is 0 Å². The first-order valence-electron chi connectivity index (χ1n) is 5.35. The Hall–Kier alpha value is -1.52. The van der Waals surface area contributed by atoms with Gasteiger partial charge in [0.25, 0.3) is 0 Å². The van der Waals surface area contributed by atoms with Gasteiger partial charge in [-0.05, 0) is 13.3 Å². The molecule has 0 aliphatic heterocycles. The zero-order valence-electron chi connectivity index (χ0n) is 9.98. The number of carbonyl (C=O) groups excluding carboxylic acids is 1. The van der Waals surface area contributed by atoms with Crippen LogP contribution < -0.4 is 0 Å². The van der Waals surface area contributed by atoms with Crippen LogP contribution in [0.15, 0.2) is 12.7 Å². The normalized spacial score (nSPS) is 9.62. The van der Waals surface area contributed by atoms with E-state index in [1.165, 1.54) is 4.90 Å².